The highest BCUT2D eigenvalue weighted by Crippen LogP contribution is 2.47. The van der Waals surface area contributed by atoms with E-state index in [1.807, 2.05) is 6.07 Å². The number of aliphatic hydroxyl groups is 1. The highest BCUT2D eigenvalue weighted by molar-refractivity contribution is 5.57. The number of phenols is 1. The maximum absolute atomic E-state index is 10.2. The number of phenolic OH excluding ortho intramolecular Hbond substituents is 1. The van der Waals surface area contributed by atoms with Crippen molar-refractivity contribution in [3.8, 4) is 23.0 Å². The van der Waals surface area contributed by atoms with Crippen LogP contribution in [0.5, 0.6) is 23.0 Å². The minimum Gasteiger partial charge on any atom is -0.508 e. The Balaban J connectivity index is 1.90. The van der Waals surface area contributed by atoms with E-state index in [9.17, 15) is 10.2 Å². The Labute approximate surface area is 126 Å². The number of hydrogen-bond acceptors (Lipinski definition) is 6. The van der Waals surface area contributed by atoms with Crippen molar-refractivity contribution >= 4 is 0 Å². The minimum absolute atomic E-state index is 0.126. The SMILES string of the molecule is NC1C(O)Oc2cc3c(cc2C1c1ccccc1O)OCO3. The van der Waals surface area contributed by atoms with Crippen molar-refractivity contribution in [2.75, 3.05) is 6.79 Å². The van der Waals surface area contributed by atoms with Gasteiger partial charge in [0, 0.05) is 23.1 Å². The summed E-state index contributed by atoms with van der Waals surface area (Å²) in [5.41, 5.74) is 7.52. The van der Waals surface area contributed by atoms with Gasteiger partial charge in [0.25, 0.3) is 0 Å². The number of aliphatic hydroxyl groups excluding tert-OH is 1. The molecule has 6 heteroatoms. The number of ether oxygens (including phenoxy) is 3. The number of fused-ring (bicyclic) bond motifs is 2. The molecule has 0 saturated carbocycles. The van der Waals surface area contributed by atoms with Crippen LogP contribution < -0.4 is 19.9 Å². The van der Waals surface area contributed by atoms with Gasteiger partial charge in [0.15, 0.2) is 11.5 Å². The first kappa shape index (κ1) is 13.2. The van der Waals surface area contributed by atoms with E-state index >= 15 is 0 Å². The number of aromatic hydroxyl groups is 1. The van der Waals surface area contributed by atoms with Gasteiger partial charge in [0.05, 0.1) is 6.04 Å². The molecule has 0 amide bonds. The Morgan fingerprint density at radius 1 is 1.00 bits per heavy atom. The van der Waals surface area contributed by atoms with E-state index in [1.165, 1.54) is 0 Å². The summed E-state index contributed by atoms with van der Waals surface area (Å²) in [6.45, 7) is 0.147. The van der Waals surface area contributed by atoms with E-state index < -0.39 is 18.2 Å². The zero-order valence-corrected chi connectivity index (χ0v) is 11.6. The predicted molar refractivity (Wildman–Crippen MR) is 77.1 cm³/mol. The Hall–Kier alpha value is -2.44. The van der Waals surface area contributed by atoms with Gasteiger partial charge in [-0.15, -0.1) is 0 Å². The van der Waals surface area contributed by atoms with Crippen LogP contribution >= 0.6 is 0 Å². The van der Waals surface area contributed by atoms with Crippen LogP contribution in [-0.4, -0.2) is 29.3 Å². The molecule has 0 saturated heterocycles. The third-order valence-electron chi connectivity index (χ3n) is 4.07. The molecule has 3 unspecified atom stereocenters. The van der Waals surface area contributed by atoms with Crippen LogP contribution in [0.2, 0.25) is 0 Å². The second-order valence-corrected chi connectivity index (χ2v) is 5.37. The first-order valence-electron chi connectivity index (χ1n) is 6.97. The summed E-state index contributed by atoms with van der Waals surface area (Å²) >= 11 is 0. The van der Waals surface area contributed by atoms with E-state index in [0.29, 0.717) is 22.8 Å². The maximum Gasteiger partial charge on any atom is 0.231 e. The lowest BCUT2D eigenvalue weighted by Gasteiger charge is -2.35. The van der Waals surface area contributed by atoms with Crippen LogP contribution in [0.3, 0.4) is 0 Å². The molecule has 3 atom stereocenters. The van der Waals surface area contributed by atoms with Crippen molar-refractivity contribution in [2.24, 2.45) is 5.73 Å². The van der Waals surface area contributed by atoms with Crippen molar-refractivity contribution in [1.29, 1.82) is 0 Å². The average Bonchev–Trinajstić information content (AvgIpc) is 2.95. The Kier molecular flexibility index (Phi) is 2.88. The molecule has 0 bridgehead atoms. The Morgan fingerprint density at radius 2 is 1.73 bits per heavy atom. The first-order valence-corrected chi connectivity index (χ1v) is 6.97. The molecule has 0 spiro atoms. The zero-order valence-electron chi connectivity index (χ0n) is 11.6. The lowest BCUT2D eigenvalue weighted by Crippen LogP contribution is -2.47. The van der Waals surface area contributed by atoms with Gasteiger partial charge < -0.3 is 30.2 Å². The second kappa shape index (κ2) is 4.79. The number of nitrogens with two attached hydrogens (primary N) is 1. The Bertz CT molecular complexity index is 732. The normalized spacial score (nSPS) is 25.5. The highest BCUT2D eigenvalue weighted by Gasteiger charge is 2.38. The number of benzene rings is 2. The van der Waals surface area contributed by atoms with Crippen molar-refractivity contribution in [2.45, 2.75) is 18.2 Å². The third-order valence-corrected chi connectivity index (χ3v) is 4.07. The number of rotatable bonds is 1. The van der Waals surface area contributed by atoms with Crippen molar-refractivity contribution in [3.63, 3.8) is 0 Å². The molecule has 4 rings (SSSR count). The predicted octanol–water partition coefficient (Wildman–Crippen LogP) is 1.29. The molecule has 114 valence electrons. The van der Waals surface area contributed by atoms with E-state index in [2.05, 4.69) is 0 Å². The molecule has 2 aliphatic rings. The lowest BCUT2D eigenvalue weighted by molar-refractivity contribution is -0.0506. The fourth-order valence-electron chi connectivity index (χ4n) is 2.99. The molecule has 0 aromatic heterocycles. The quantitative estimate of drug-likeness (QED) is 0.735. The third kappa shape index (κ3) is 1.88. The molecule has 22 heavy (non-hydrogen) atoms. The smallest absolute Gasteiger partial charge is 0.231 e. The topological polar surface area (TPSA) is 94.2 Å². The van der Waals surface area contributed by atoms with Gasteiger partial charge in [-0.2, -0.15) is 0 Å². The monoisotopic (exact) mass is 301 g/mol. The number of para-hydroxylation sites is 1. The molecule has 0 fully saturated rings. The van der Waals surface area contributed by atoms with Crippen LogP contribution in [0.15, 0.2) is 36.4 Å². The van der Waals surface area contributed by atoms with Crippen molar-refractivity contribution < 1.29 is 24.4 Å². The van der Waals surface area contributed by atoms with Gasteiger partial charge in [0.1, 0.15) is 11.5 Å². The summed E-state index contributed by atoms with van der Waals surface area (Å²) in [5, 5.41) is 20.2. The van der Waals surface area contributed by atoms with Crippen LogP contribution in [0.4, 0.5) is 0 Å². The van der Waals surface area contributed by atoms with Gasteiger partial charge in [-0.05, 0) is 12.1 Å². The summed E-state index contributed by atoms with van der Waals surface area (Å²) in [6.07, 6.45) is -1.17. The van der Waals surface area contributed by atoms with E-state index in [1.54, 1.807) is 30.3 Å². The molecule has 2 aromatic rings. The molecular weight excluding hydrogens is 286 g/mol. The van der Waals surface area contributed by atoms with Crippen molar-refractivity contribution in [3.05, 3.63) is 47.5 Å². The van der Waals surface area contributed by atoms with E-state index in [-0.39, 0.29) is 12.5 Å². The fraction of sp³-hybridized carbons (Fsp3) is 0.250. The standard InChI is InChI=1S/C16H15NO5/c17-15-14(8-3-1-2-4-10(8)18)9-5-12-13(21-7-20-12)6-11(9)22-16(15)19/h1-6,14-16,18-19H,7,17H2. The van der Waals surface area contributed by atoms with Crippen LogP contribution in [0.25, 0.3) is 0 Å². The van der Waals surface area contributed by atoms with Crippen LogP contribution in [0, 0.1) is 0 Å². The molecule has 6 nitrogen and oxygen atoms in total. The van der Waals surface area contributed by atoms with Crippen LogP contribution in [-0.2, 0) is 0 Å². The van der Waals surface area contributed by atoms with Gasteiger partial charge in [-0.3, -0.25) is 0 Å². The minimum atomic E-state index is -1.17. The summed E-state index contributed by atoms with van der Waals surface area (Å²) in [4.78, 5) is 0. The van der Waals surface area contributed by atoms with Crippen molar-refractivity contribution in [1.82, 2.24) is 0 Å². The average molecular weight is 301 g/mol. The Morgan fingerprint density at radius 3 is 2.50 bits per heavy atom. The fourth-order valence-corrected chi connectivity index (χ4v) is 2.99. The zero-order chi connectivity index (χ0) is 15.3. The van der Waals surface area contributed by atoms with Gasteiger partial charge >= 0.3 is 0 Å². The molecule has 2 aliphatic heterocycles. The van der Waals surface area contributed by atoms with E-state index in [0.717, 1.165) is 5.56 Å². The summed E-state index contributed by atoms with van der Waals surface area (Å²) < 4.78 is 16.2. The van der Waals surface area contributed by atoms with Gasteiger partial charge in [0.2, 0.25) is 13.1 Å². The summed E-state index contributed by atoms with van der Waals surface area (Å²) in [5.74, 6) is 1.37. The lowest BCUT2D eigenvalue weighted by atomic mass is 9.82. The maximum atomic E-state index is 10.2. The van der Waals surface area contributed by atoms with Gasteiger partial charge in [-0.1, -0.05) is 18.2 Å². The second-order valence-electron chi connectivity index (χ2n) is 5.37. The molecule has 0 aliphatic carbocycles. The molecule has 2 heterocycles. The molecule has 4 N–H and O–H groups in total. The molecular formula is C16H15NO5. The number of hydrogen-bond donors (Lipinski definition) is 3. The van der Waals surface area contributed by atoms with Gasteiger partial charge in [-0.25, -0.2) is 0 Å². The van der Waals surface area contributed by atoms with E-state index in [4.69, 9.17) is 19.9 Å². The molecule has 2 aromatic carbocycles. The molecule has 0 radical (unpaired) electrons. The van der Waals surface area contributed by atoms with Crippen LogP contribution in [0.1, 0.15) is 17.0 Å². The summed E-state index contributed by atoms with van der Waals surface area (Å²) in [7, 11) is 0. The first-order chi connectivity index (χ1) is 10.6. The summed E-state index contributed by atoms with van der Waals surface area (Å²) in [6, 6.07) is 9.70. The largest absolute Gasteiger partial charge is 0.508 e. The highest BCUT2D eigenvalue weighted by atomic mass is 16.7.